The fourth-order valence-electron chi connectivity index (χ4n) is 5.68. The van der Waals surface area contributed by atoms with Gasteiger partial charge in [0.2, 0.25) is 0 Å². The van der Waals surface area contributed by atoms with Gasteiger partial charge in [-0.1, -0.05) is 62.6 Å². The number of esters is 1. The first kappa shape index (κ1) is 31.8. The lowest BCUT2D eigenvalue weighted by Crippen LogP contribution is -2.58. The fraction of sp³-hybridized carbons (Fsp3) is 0.286. The van der Waals surface area contributed by atoms with Crippen LogP contribution >= 0.6 is 0 Å². The molecule has 0 radical (unpaired) electrons. The third-order valence-electron chi connectivity index (χ3n) is 8.28. The molecule has 240 valence electrons. The van der Waals surface area contributed by atoms with Crippen molar-refractivity contribution >= 4 is 5.97 Å². The number of hydrogen-bond donors (Lipinski definition) is 0. The second kappa shape index (κ2) is 12.5. The Labute approximate surface area is 260 Å². The molecule has 4 aromatic carbocycles. The highest BCUT2D eigenvalue weighted by Crippen LogP contribution is 2.46. The van der Waals surface area contributed by atoms with Gasteiger partial charge in [-0.3, -0.25) is 0 Å². The number of carbonyl (C=O) groups is 1. The van der Waals surface area contributed by atoms with E-state index in [0.717, 1.165) is 37.8 Å². The Bertz CT molecular complexity index is 1720. The molecule has 0 N–H and O–H groups in total. The van der Waals surface area contributed by atoms with Crippen LogP contribution in [0.15, 0.2) is 66.7 Å². The van der Waals surface area contributed by atoms with Crippen LogP contribution in [0.25, 0.3) is 22.3 Å². The van der Waals surface area contributed by atoms with Gasteiger partial charge in [0.05, 0.1) is 19.8 Å². The molecule has 3 heterocycles. The molecule has 2 bridgehead atoms. The molecule has 5 nitrogen and oxygen atoms in total. The summed E-state index contributed by atoms with van der Waals surface area (Å²) < 4.78 is 108. The SMILES string of the molecule is CCCCCC12COC(c3ccc(-c4ccc(-c5cc(F)c(C(=O)Oc6cc(F)c(F)c(F)c6)c(F)c5)c(F)c4)cc3)(OC1)OC2. The first-order valence-electron chi connectivity index (χ1n) is 14.7. The monoisotopic (exact) mass is 642 g/mol. The third kappa shape index (κ3) is 6.02. The van der Waals surface area contributed by atoms with E-state index < -0.39 is 58.2 Å². The molecule has 7 rings (SSSR count). The molecule has 46 heavy (non-hydrogen) atoms. The van der Waals surface area contributed by atoms with E-state index in [1.165, 1.54) is 12.1 Å². The van der Waals surface area contributed by atoms with Crippen molar-refractivity contribution in [2.45, 2.75) is 38.6 Å². The van der Waals surface area contributed by atoms with E-state index in [1.807, 2.05) is 0 Å². The van der Waals surface area contributed by atoms with E-state index in [1.54, 1.807) is 30.3 Å². The molecule has 0 spiro atoms. The van der Waals surface area contributed by atoms with Crippen LogP contribution < -0.4 is 4.74 Å². The quantitative estimate of drug-likeness (QED) is 0.0601. The minimum atomic E-state index is -1.80. The van der Waals surface area contributed by atoms with E-state index >= 15 is 4.39 Å². The van der Waals surface area contributed by atoms with Gasteiger partial charge in [-0.05, 0) is 41.3 Å². The van der Waals surface area contributed by atoms with Crippen molar-refractivity contribution in [2.24, 2.45) is 5.41 Å². The number of fused-ring (bicyclic) bond motifs is 3. The number of halogens is 6. The normalized spacial score (nSPS) is 20.6. The Morgan fingerprint density at radius 1 is 0.696 bits per heavy atom. The Kier molecular flexibility index (Phi) is 8.66. The number of unbranched alkanes of at least 4 members (excludes halogenated alkanes) is 2. The Morgan fingerprint density at radius 3 is 1.83 bits per heavy atom. The molecule has 3 aliphatic rings. The molecule has 0 atom stereocenters. The zero-order valence-electron chi connectivity index (χ0n) is 24.6. The predicted octanol–water partition coefficient (Wildman–Crippen LogP) is 8.83. The van der Waals surface area contributed by atoms with Crippen molar-refractivity contribution in [1.82, 2.24) is 0 Å². The summed E-state index contributed by atoms with van der Waals surface area (Å²) in [6.07, 6.45) is 4.32. The van der Waals surface area contributed by atoms with Crippen LogP contribution in [0.5, 0.6) is 5.75 Å². The number of rotatable bonds is 9. The van der Waals surface area contributed by atoms with Crippen LogP contribution in [0.4, 0.5) is 26.3 Å². The maximum absolute atomic E-state index is 15.3. The third-order valence-corrected chi connectivity index (χ3v) is 8.28. The highest BCUT2D eigenvalue weighted by molar-refractivity contribution is 5.92. The van der Waals surface area contributed by atoms with Gasteiger partial charge in [0.1, 0.15) is 28.8 Å². The molecule has 0 aliphatic carbocycles. The lowest BCUT2D eigenvalue weighted by Gasteiger charge is -2.52. The van der Waals surface area contributed by atoms with Crippen LogP contribution in [0, 0.1) is 40.3 Å². The number of benzene rings is 4. The number of carbonyl (C=O) groups excluding carboxylic acids is 1. The molecule has 3 saturated heterocycles. The van der Waals surface area contributed by atoms with Crippen molar-refractivity contribution in [1.29, 1.82) is 0 Å². The topological polar surface area (TPSA) is 54.0 Å². The van der Waals surface area contributed by atoms with E-state index in [2.05, 4.69) is 11.7 Å². The second-order valence-electron chi connectivity index (χ2n) is 11.6. The van der Waals surface area contributed by atoms with Gasteiger partial charge >= 0.3 is 11.9 Å². The zero-order chi connectivity index (χ0) is 32.6. The standard InChI is InChI=1S/C35H28F6O5/c1-2-3-4-11-34-17-43-35(44-18-34,45-19-34)23-8-5-20(6-9-23)21-7-10-25(26(36)12-21)22-13-27(37)31(28(38)14-22)33(42)46-24-15-29(39)32(41)30(40)16-24/h5-10,12-16H,2-4,11,17-19H2,1H3. The van der Waals surface area contributed by atoms with Gasteiger partial charge in [-0.15, -0.1) is 0 Å². The smallest absolute Gasteiger partial charge is 0.349 e. The highest BCUT2D eigenvalue weighted by atomic mass is 19.2. The molecule has 0 saturated carbocycles. The van der Waals surface area contributed by atoms with Crippen molar-refractivity contribution in [3.05, 3.63) is 113 Å². The van der Waals surface area contributed by atoms with Gasteiger partial charge in [0.15, 0.2) is 17.5 Å². The summed E-state index contributed by atoms with van der Waals surface area (Å²) in [7, 11) is 0. The van der Waals surface area contributed by atoms with Crippen LogP contribution in [-0.2, 0) is 20.2 Å². The van der Waals surface area contributed by atoms with Crippen LogP contribution in [0.3, 0.4) is 0 Å². The molecule has 0 amide bonds. The van der Waals surface area contributed by atoms with E-state index in [0.29, 0.717) is 48.6 Å². The maximum atomic E-state index is 15.3. The molecule has 3 fully saturated rings. The van der Waals surface area contributed by atoms with Crippen LogP contribution in [-0.4, -0.2) is 25.8 Å². The zero-order valence-corrected chi connectivity index (χ0v) is 24.6. The lowest BCUT2D eigenvalue weighted by atomic mass is 9.82. The number of ether oxygens (including phenoxy) is 4. The van der Waals surface area contributed by atoms with Gasteiger partial charge in [0.25, 0.3) is 0 Å². The van der Waals surface area contributed by atoms with Crippen LogP contribution in [0.1, 0.15) is 48.5 Å². The summed E-state index contributed by atoms with van der Waals surface area (Å²) in [5, 5.41) is 0. The van der Waals surface area contributed by atoms with Crippen molar-refractivity contribution in [3.63, 3.8) is 0 Å². The molecule has 0 unspecified atom stereocenters. The summed E-state index contributed by atoms with van der Waals surface area (Å²) in [6, 6.07) is 13.3. The lowest BCUT2D eigenvalue weighted by molar-refractivity contribution is -0.480. The largest absolute Gasteiger partial charge is 0.423 e. The van der Waals surface area contributed by atoms with Crippen LogP contribution in [0.2, 0.25) is 0 Å². The van der Waals surface area contributed by atoms with Crippen molar-refractivity contribution < 1.29 is 50.1 Å². The summed E-state index contributed by atoms with van der Waals surface area (Å²) in [6.45, 7) is 3.74. The first-order chi connectivity index (χ1) is 22.0. The molecular weight excluding hydrogens is 614 g/mol. The predicted molar refractivity (Wildman–Crippen MR) is 155 cm³/mol. The molecule has 4 aromatic rings. The van der Waals surface area contributed by atoms with Crippen molar-refractivity contribution in [3.8, 4) is 28.0 Å². The molecule has 11 heteroatoms. The van der Waals surface area contributed by atoms with Crippen molar-refractivity contribution in [2.75, 3.05) is 19.8 Å². The first-order valence-corrected chi connectivity index (χ1v) is 14.7. The maximum Gasteiger partial charge on any atom is 0.349 e. The molecule has 3 aliphatic heterocycles. The van der Waals surface area contributed by atoms with Gasteiger partial charge < -0.3 is 18.9 Å². The minimum Gasteiger partial charge on any atom is -0.423 e. The Hall–Kier alpha value is -4.19. The average Bonchev–Trinajstić information content (AvgIpc) is 3.04. The van der Waals surface area contributed by atoms with Gasteiger partial charge in [-0.25, -0.2) is 31.1 Å². The Morgan fingerprint density at radius 2 is 1.26 bits per heavy atom. The summed E-state index contributed by atoms with van der Waals surface area (Å²) in [5.41, 5.74) is 0.106. The fourth-order valence-corrected chi connectivity index (χ4v) is 5.68. The summed E-state index contributed by atoms with van der Waals surface area (Å²) in [5.74, 6) is -12.4. The Balaban J connectivity index is 1.16. The highest BCUT2D eigenvalue weighted by Gasteiger charge is 2.53. The molecular formula is C35H28F6O5. The summed E-state index contributed by atoms with van der Waals surface area (Å²) in [4.78, 5) is 12.4. The van der Waals surface area contributed by atoms with E-state index in [-0.39, 0.29) is 16.5 Å². The number of hydrogen-bond acceptors (Lipinski definition) is 5. The second-order valence-corrected chi connectivity index (χ2v) is 11.6. The summed E-state index contributed by atoms with van der Waals surface area (Å²) >= 11 is 0. The van der Waals surface area contributed by atoms with E-state index in [4.69, 9.17) is 14.2 Å². The van der Waals surface area contributed by atoms with E-state index in [9.17, 15) is 26.7 Å². The average molecular weight is 643 g/mol. The minimum absolute atomic E-state index is 0.142. The van der Waals surface area contributed by atoms with Gasteiger partial charge in [-0.2, -0.15) is 0 Å². The molecule has 0 aromatic heterocycles. The van der Waals surface area contributed by atoms with Gasteiger partial charge in [0, 0.05) is 28.7 Å².